The van der Waals surface area contributed by atoms with Gasteiger partial charge < -0.3 is 10.2 Å². The Hall–Kier alpha value is -0.410. The molecule has 0 aromatic rings. The van der Waals surface area contributed by atoms with E-state index in [2.05, 4.69) is 0 Å². The lowest BCUT2D eigenvalue weighted by molar-refractivity contribution is -0.272. The molecule has 1 aliphatic rings. The number of carbonyl (C=O) groups excluding carboxylic acids is 1. The average molecular weight is 172 g/mol. The summed E-state index contributed by atoms with van der Waals surface area (Å²) in [5.74, 6) is -1.96. The average Bonchev–Trinajstić information content (AvgIpc) is 1.82. The van der Waals surface area contributed by atoms with Crippen molar-refractivity contribution >= 4 is 5.78 Å². The second-order valence-corrected chi connectivity index (χ2v) is 4.43. The van der Waals surface area contributed by atoms with Gasteiger partial charge in [-0.2, -0.15) is 0 Å². The minimum absolute atomic E-state index is 0.117. The molecule has 0 aliphatic heterocycles. The molecule has 1 fully saturated rings. The van der Waals surface area contributed by atoms with Crippen molar-refractivity contribution in [3.63, 3.8) is 0 Å². The zero-order chi connectivity index (χ0) is 9.57. The van der Waals surface area contributed by atoms with E-state index < -0.39 is 11.2 Å². The Labute approximate surface area is 72.4 Å². The fourth-order valence-corrected chi connectivity index (χ4v) is 1.85. The molecule has 0 amide bonds. The normalized spacial score (nSPS) is 33.4. The molecule has 0 saturated heterocycles. The maximum Gasteiger partial charge on any atom is 0.171 e. The van der Waals surface area contributed by atoms with Gasteiger partial charge in [0.25, 0.3) is 0 Å². The van der Waals surface area contributed by atoms with E-state index in [1.165, 1.54) is 0 Å². The SMILES string of the molecule is CC1CC(=O)CC(C)(C)C1(O)O. The van der Waals surface area contributed by atoms with Crippen molar-refractivity contribution in [2.45, 2.75) is 39.4 Å². The van der Waals surface area contributed by atoms with Gasteiger partial charge in [-0.05, 0) is 0 Å². The molecule has 3 nitrogen and oxygen atoms in total. The van der Waals surface area contributed by atoms with Gasteiger partial charge in [0.2, 0.25) is 0 Å². The van der Waals surface area contributed by atoms with Crippen molar-refractivity contribution in [3.05, 3.63) is 0 Å². The summed E-state index contributed by atoms with van der Waals surface area (Å²) >= 11 is 0. The van der Waals surface area contributed by atoms with Crippen LogP contribution in [0.25, 0.3) is 0 Å². The Morgan fingerprint density at radius 3 is 2.33 bits per heavy atom. The Kier molecular flexibility index (Phi) is 2.05. The Bertz CT molecular complexity index is 206. The molecule has 1 unspecified atom stereocenters. The van der Waals surface area contributed by atoms with E-state index >= 15 is 0 Å². The maximum absolute atomic E-state index is 11.2. The predicted octanol–water partition coefficient (Wildman–Crippen LogP) is 0.692. The number of hydrogen-bond donors (Lipinski definition) is 2. The van der Waals surface area contributed by atoms with Gasteiger partial charge in [-0.3, -0.25) is 4.79 Å². The summed E-state index contributed by atoms with van der Waals surface area (Å²) in [7, 11) is 0. The highest BCUT2D eigenvalue weighted by atomic mass is 16.5. The predicted molar refractivity (Wildman–Crippen MR) is 44.4 cm³/mol. The lowest BCUT2D eigenvalue weighted by atomic mass is 9.67. The lowest BCUT2D eigenvalue weighted by Crippen LogP contribution is -2.54. The van der Waals surface area contributed by atoms with Gasteiger partial charge >= 0.3 is 0 Å². The van der Waals surface area contributed by atoms with E-state index in [1.807, 2.05) is 0 Å². The van der Waals surface area contributed by atoms with Crippen molar-refractivity contribution < 1.29 is 15.0 Å². The molecule has 1 rings (SSSR count). The highest BCUT2D eigenvalue weighted by molar-refractivity contribution is 5.80. The van der Waals surface area contributed by atoms with Crippen molar-refractivity contribution in [1.29, 1.82) is 0 Å². The summed E-state index contributed by atoms with van der Waals surface area (Å²) in [5.41, 5.74) is -0.720. The highest BCUT2D eigenvalue weighted by Gasteiger charge is 2.51. The molecule has 1 aliphatic carbocycles. The highest BCUT2D eigenvalue weighted by Crippen LogP contribution is 2.43. The van der Waals surface area contributed by atoms with E-state index in [0.717, 1.165) is 0 Å². The van der Waals surface area contributed by atoms with E-state index in [-0.39, 0.29) is 24.5 Å². The first-order valence-corrected chi connectivity index (χ1v) is 4.24. The second-order valence-electron chi connectivity index (χ2n) is 4.43. The van der Waals surface area contributed by atoms with Crippen LogP contribution in [0, 0.1) is 11.3 Å². The molecule has 0 aromatic heterocycles. The van der Waals surface area contributed by atoms with Gasteiger partial charge in [-0.25, -0.2) is 0 Å². The van der Waals surface area contributed by atoms with Gasteiger partial charge in [0.15, 0.2) is 5.79 Å². The van der Waals surface area contributed by atoms with Crippen LogP contribution in [0.1, 0.15) is 33.6 Å². The molecule has 3 heteroatoms. The number of aliphatic hydroxyl groups is 2. The third-order valence-corrected chi connectivity index (χ3v) is 2.86. The zero-order valence-corrected chi connectivity index (χ0v) is 7.79. The molecule has 12 heavy (non-hydrogen) atoms. The van der Waals surface area contributed by atoms with Gasteiger partial charge in [0, 0.05) is 24.2 Å². The van der Waals surface area contributed by atoms with Gasteiger partial charge in [-0.15, -0.1) is 0 Å². The second kappa shape index (κ2) is 2.54. The number of carbonyl (C=O) groups is 1. The molecule has 70 valence electrons. The van der Waals surface area contributed by atoms with Gasteiger partial charge in [0.05, 0.1) is 0 Å². The topological polar surface area (TPSA) is 57.5 Å². The monoisotopic (exact) mass is 172 g/mol. The molecular formula is C9H16O3. The van der Waals surface area contributed by atoms with Crippen LogP contribution in [0.3, 0.4) is 0 Å². The van der Waals surface area contributed by atoms with Crippen LogP contribution in [0.4, 0.5) is 0 Å². The fourth-order valence-electron chi connectivity index (χ4n) is 1.85. The molecule has 0 radical (unpaired) electrons. The molecule has 0 bridgehead atoms. The smallest absolute Gasteiger partial charge is 0.171 e. The molecule has 0 spiro atoms. The summed E-state index contributed by atoms with van der Waals surface area (Å²) in [6.07, 6.45) is 0.529. The Morgan fingerprint density at radius 1 is 1.42 bits per heavy atom. The van der Waals surface area contributed by atoms with Crippen LogP contribution in [0.2, 0.25) is 0 Å². The van der Waals surface area contributed by atoms with Crippen LogP contribution in [0.15, 0.2) is 0 Å². The van der Waals surface area contributed by atoms with E-state index in [0.29, 0.717) is 0 Å². The van der Waals surface area contributed by atoms with Crippen molar-refractivity contribution in [2.24, 2.45) is 11.3 Å². The maximum atomic E-state index is 11.2. The summed E-state index contributed by atoms with van der Waals surface area (Å²) < 4.78 is 0. The van der Waals surface area contributed by atoms with E-state index in [4.69, 9.17) is 0 Å². The first-order chi connectivity index (χ1) is 5.27. The third-order valence-electron chi connectivity index (χ3n) is 2.86. The molecule has 0 heterocycles. The van der Waals surface area contributed by atoms with Crippen molar-refractivity contribution in [2.75, 3.05) is 0 Å². The third kappa shape index (κ3) is 1.27. The zero-order valence-electron chi connectivity index (χ0n) is 7.79. The summed E-state index contributed by atoms with van der Waals surface area (Å²) in [4.78, 5) is 11.2. The van der Waals surface area contributed by atoms with Crippen LogP contribution >= 0.6 is 0 Å². The minimum atomic E-state index is -1.71. The standard InChI is InChI=1S/C9H16O3/c1-6-4-7(10)5-8(2,3)9(6,11)12/h6,11-12H,4-5H2,1-3H3. The Morgan fingerprint density at radius 2 is 1.92 bits per heavy atom. The van der Waals surface area contributed by atoms with Crippen molar-refractivity contribution in [3.8, 4) is 0 Å². The number of Topliss-reactive ketones (excluding diaryl/α,β-unsaturated/α-hetero) is 1. The van der Waals surface area contributed by atoms with E-state index in [9.17, 15) is 15.0 Å². The summed E-state index contributed by atoms with van der Waals surface area (Å²) in [5, 5.41) is 19.4. The van der Waals surface area contributed by atoms with E-state index in [1.54, 1.807) is 20.8 Å². The number of ketones is 1. The first kappa shape index (κ1) is 9.68. The quantitative estimate of drug-likeness (QED) is 0.529. The number of rotatable bonds is 0. The first-order valence-electron chi connectivity index (χ1n) is 4.24. The molecule has 1 atom stereocenters. The molecule has 2 N–H and O–H groups in total. The van der Waals surface area contributed by atoms with Crippen LogP contribution in [-0.4, -0.2) is 21.8 Å². The van der Waals surface area contributed by atoms with Crippen LogP contribution in [-0.2, 0) is 4.79 Å². The Balaban J connectivity index is 2.94. The molecule has 0 aromatic carbocycles. The van der Waals surface area contributed by atoms with Crippen LogP contribution in [0.5, 0.6) is 0 Å². The molecule has 1 saturated carbocycles. The van der Waals surface area contributed by atoms with Crippen LogP contribution < -0.4 is 0 Å². The summed E-state index contributed by atoms with van der Waals surface area (Å²) in [6.45, 7) is 5.11. The number of hydrogen-bond acceptors (Lipinski definition) is 3. The summed E-state index contributed by atoms with van der Waals surface area (Å²) in [6, 6.07) is 0. The largest absolute Gasteiger partial charge is 0.365 e. The lowest BCUT2D eigenvalue weighted by Gasteiger charge is -2.45. The molecular weight excluding hydrogens is 156 g/mol. The van der Waals surface area contributed by atoms with Crippen molar-refractivity contribution in [1.82, 2.24) is 0 Å². The minimum Gasteiger partial charge on any atom is -0.365 e. The van der Waals surface area contributed by atoms with Gasteiger partial charge in [0.1, 0.15) is 5.78 Å². The van der Waals surface area contributed by atoms with Gasteiger partial charge in [-0.1, -0.05) is 20.8 Å². The fraction of sp³-hybridized carbons (Fsp3) is 0.889.